The molecule has 0 amide bonds. The van der Waals surface area contributed by atoms with Crippen LogP contribution < -0.4 is 20.1 Å². The zero-order valence-electron chi connectivity index (χ0n) is 14.4. The second-order valence-corrected chi connectivity index (χ2v) is 5.97. The van der Waals surface area contributed by atoms with Crippen molar-refractivity contribution in [2.75, 3.05) is 31.4 Å². The lowest BCUT2D eigenvalue weighted by molar-refractivity contribution is 0.354. The molecule has 2 N–H and O–H groups in total. The SMILES string of the molecule is COc1ccc(CCNc2cc(NC3CC3)nc(C)n2)cc1OC. The highest BCUT2D eigenvalue weighted by atomic mass is 16.5. The quantitative estimate of drug-likeness (QED) is 0.776. The first-order valence-electron chi connectivity index (χ1n) is 8.25. The molecule has 0 spiro atoms. The first-order chi connectivity index (χ1) is 11.7. The predicted octanol–water partition coefficient (Wildman–Crippen LogP) is 3.03. The minimum atomic E-state index is 0.582. The van der Waals surface area contributed by atoms with Crippen molar-refractivity contribution in [1.82, 2.24) is 9.97 Å². The fourth-order valence-electron chi connectivity index (χ4n) is 2.54. The van der Waals surface area contributed by atoms with Crippen LogP contribution in [0.5, 0.6) is 11.5 Å². The second kappa shape index (κ2) is 7.38. The molecular weight excluding hydrogens is 304 g/mol. The molecule has 0 unspecified atom stereocenters. The van der Waals surface area contributed by atoms with Crippen molar-refractivity contribution in [3.05, 3.63) is 35.7 Å². The third-order valence-electron chi connectivity index (χ3n) is 3.94. The first-order valence-corrected chi connectivity index (χ1v) is 8.25. The van der Waals surface area contributed by atoms with E-state index in [1.807, 2.05) is 31.2 Å². The molecular formula is C18H24N4O2. The highest BCUT2D eigenvalue weighted by molar-refractivity contribution is 5.49. The van der Waals surface area contributed by atoms with E-state index >= 15 is 0 Å². The normalized spacial score (nSPS) is 13.5. The van der Waals surface area contributed by atoms with Crippen molar-refractivity contribution < 1.29 is 9.47 Å². The number of hydrogen-bond acceptors (Lipinski definition) is 6. The number of nitrogens with zero attached hydrogens (tertiary/aromatic N) is 2. The molecule has 24 heavy (non-hydrogen) atoms. The van der Waals surface area contributed by atoms with E-state index in [0.717, 1.165) is 41.9 Å². The molecule has 0 saturated heterocycles. The molecule has 0 radical (unpaired) electrons. The molecule has 6 heteroatoms. The van der Waals surface area contributed by atoms with Gasteiger partial charge >= 0.3 is 0 Å². The highest BCUT2D eigenvalue weighted by Gasteiger charge is 2.21. The molecule has 1 saturated carbocycles. The van der Waals surface area contributed by atoms with E-state index in [1.54, 1.807) is 14.2 Å². The zero-order chi connectivity index (χ0) is 16.9. The van der Waals surface area contributed by atoms with Gasteiger partial charge in [0.2, 0.25) is 0 Å². The van der Waals surface area contributed by atoms with Crippen molar-refractivity contribution in [3.63, 3.8) is 0 Å². The summed E-state index contributed by atoms with van der Waals surface area (Å²) >= 11 is 0. The number of anilines is 2. The molecule has 0 bridgehead atoms. The number of ether oxygens (including phenoxy) is 2. The third kappa shape index (κ3) is 4.28. The summed E-state index contributed by atoms with van der Waals surface area (Å²) in [7, 11) is 3.29. The number of aryl methyl sites for hydroxylation is 1. The summed E-state index contributed by atoms with van der Waals surface area (Å²) in [5.74, 6) is 4.03. The lowest BCUT2D eigenvalue weighted by Crippen LogP contribution is -2.10. The Hall–Kier alpha value is -2.50. The topological polar surface area (TPSA) is 68.3 Å². The number of aromatic nitrogens is 2. The lowest BCUT2D eigenvalue weighted by atomic mass is 10.1. The maximum Gasteiger partial charge on any atom is 0.160 e. The number of nitrogens with one attached hydrogen (secondary N) is 2. The summed E-state index contributed by atoms with van der Waals surface area (Å²) in [6, 6.07) is 8.54. The van der Waals surface area contributed by atoms with Crippen molar-refractivity contribution in [2.24, 2.45) is 0 Å². The van der Waals surface area contributed by atoms with Crippen LogP contribution in [0.15, 0.2) is 24.3 Å². The van der Waals surface area contributed by atoms with Crippen LogP contribution in [0.25, 0.3) is 0 Å². The van der Waals surface area contributed by atoms with Gasteiger partial charge in [-0.3, -0.25) is 0 Å². The van der Waals surface area contributed by atoms with E-state index < -0.39 is 0 Å². The molecule has 128 valence electrons. The van der Waals surface area contributed by atoms with E-state index in [9.17, 15) is 0 Å². The van der Waals surface area contributed by atoms with Gasteiger partial charge in [0, 0.05) is 18.7 Å². The summed E-state index contributed by atoms with van der Waals surface area (Å²) in [5, 5.41) is 6.78. The molecule has 1 aliphatic carbocycles. The van der Waals surface area contributed by atoms with Gasteiger partial charge in [-0.1, -0.05) is 6.07 Å². The van der Waals surface area contributed by atoms with Crippen LogP contribution in [0.2, 0.25) is 0 Å². The van der Waals surface area contributed by atoms with Gasteiger partial charge in [0.05, 0.1) is 14.2 Å². The van der Waals surface area contributed by atoms with Crippen LogP contribution >= 0.6 is 0 Å². The zero-order valence-corrected chi connectivity index (χ0v) is 14.4. The molecule has 1 aromatic carbocycles. The van der Waals surface area contributed by atoms with Crippen molar-refractivity contribution in [3.8, 4) is 11.5 Å². The van der Waals surface area contributed by atoms with E-state index in [-0.39, 0.29) is 0 Å². The molecule has 3 rings (SSSR count). The predicted molar refractivity (Wildman–Crippen MR) is 95.2 cm³/mol. The Balaban J connectivity index is 1.58. The maximum atomic E-state index is 5.34. The standard InChI is InChI=1S/C18H24N4O2/c1-12-20-17(11-18(21-12)22-14-5-6-14)19-9-8-13-4-7-15(23-2)16(10-13)24-3/h4,7,10-11,14H,5-6,8-9H2,1-3H3,(H2,19,20,21,22). The second-order valence-electron chi connectivity index (χ2n) is 5.97. The number of hydrogen-bond donors (Lipinski definition) is 2. The Morgan fingerprint density at radius 2 is 1.79 bits per heavy atom. The van der Waals surface area contributed by atoms with Crippen LogP contribution in [0.1, 0.15) is 24.2 Å². The van der Waals surface area contributed by atoms with Gasteiger partial charge in [0.25, 0.3) is 0 Å². The number of methoxy groups -OCH3 is 2. The minimum Gasteiger partial charge on any atom is -0.493 e. The van der Waals surface area contributed by atoms with E-state index in [0.29, 0.717) is 6.04 Å². The summed E-state index contributed by atoms with van der Waals surface area (Å²) in [4.78, 5) is 8.88. The van der Waals surface area contributed by atoms with Gasteiger partial charge in [0.1, 0.15) is 17.5 Å². The van der Waals surface area contributed by atoms with Gasteiger partial charge < -0.3 is 20.1 Å². The molecule has 0 aliphatic heterocycles. The Morgan fingerprint density at radius 1 is 1.04 bits per heavy atom. The van der Waals surface area contributed by atoms with Gasteiger partial charge in [0.15, 0.2) is 11.5 Å². The number of rotatable bonds is 8. The van der Waals surface area contributed by atoms with Crippen LogP contribution in [-0.2, 0) is 6.42 Å². The highest BCUT2D eigenvalue weighted by Crippen LogP contribution is 2.28. The minimum absolute atomic E-state index is 0.582. The Labute approximate surface area is 142 Å². The maximum absolute atomic E-state index is 5.34. The average Bonchev–Trinajstić information content (AvgIpc) is 3.38. The summed E-state index contributed by atoms with van der Waals surface area (Å²) in [6.07, 6.45) is 3.32. The van der Waals surface area contributed by atoms with Crippen molar-refractivity contribution in [2.45, 2.75) is 32.2 Å². The molecule has 1 heterocycles. The number of benzene rings is 1. The molecule has 1 fully saturated rings. The fraction of sp³-hybridized carbons (Fsp3) is 0.444. The molecule has 1 aliphatic rings. The van der Waals surface area contributed by atoms with Crippen molar-refractivity contribution >= 4 is 11.6 Å². The Bertz CT molecular complexity index is 701. The van der Waals surface area contributed by atoms with Crippen LogP contribution in [0.3, 0.4) is 0 Å². The van der Waals surface area contributed by atoms with E-state index in [4.69, 9.17) is 9.47 Å². The van der Waals surface area contributed by atoms with Gasteiger partial charge in [-0.25, -0.2) is 9.97 Å². The molecule has 2 aromatic rings. The Morgan fingerprint density at radius 3 is 2.50 bits per heavy atom. The summed E-state index contributed by atoms with van der Waals surface area (Å²) in [6.45, 7) is 2.70. The lowest BCUT2D eigenvalue weighted by Gasteiger charge is -2.11. The molecule has 0 atom stereocenters. The van der Waals surface area contributed by atoms with E-state index in [1.165, 1.54) is 18.4 Å². The Kier molecular flexibility index (Phi) is 5.03. The van der Waals surface area contributed by atoms with Crippen molar-refractivity contribution in [1.29, 1.82) is 0 Å². The summed E-state index contributed by atoms with van der Waals surface area (Å²) < 4.78 is 10.6. The molecule has 6 nitrogen and oxygen atoms in total. The first kappa shape index (κ1) is 16.4. The summed E-state index contributed by atoms with van der Waals surface area (Å²) in [5.41, 5.74) is 1.18. The van der Waals surface area contributed by atoms with Crippen LogP contribution in [0, 0.1) is 6.92 Å². The molecule has 1 aromatic heterocycles. The largest absolute Gasteiger partial charge is 0.493 e. The van der Waals surface area contributed by atoms with Gasteiger partial charge in [-0.2, -0.15) is 0 Å². The average molecular weight is 328 g/mol. The van der Waals surface area contributed by atoms with Crippen LogP contribution in [0.4, 0.5) is 11.6 Å². The van der Waals surface area contributed by atoms with Crippen LogP contribution in [-0.4, -0.2) is 36.8 Å². The van der Waals surface area contributed by atoms with Gasteiger partial charge in [-0.15, -0.1) is 0 Å². The fourth-order valence-corrected chi connectivity index (χ4v) is 2.54. The van der Waals surface area contributed by atoms with E-state index in [2.05, 4.69) is 20.6 Å². The third-order valence-corrected chi connectivity index (χ3v) is 3.94. The smallest absolute Gasteiger partial charge is 0.160 e. The van der Waals surface area contributed by atoms with Gasteiger partial charge in [-0.05, 0) is 43.9 Å². The monoisotopic (exact) mass is 328 g/mol.